The van der Waals surface area contributed by atoms with Crippen molar-refractivity contribution in [3.8, 4) is 0 Å². The van der Waals surface area contributed by atoms with E-state index in [4.69, 9.17) is 4.74 Å². The summed E-state index contributed by atoms with van der Waals surface area (Å²) in [6.07, 6.45) is -0.0397. The number of nitro benzene ring substituents is 1. The fraction of sp³-hybridized carbons (Fsp3) is 0.235. The minimum Gasteiger partial charge on any atom is -0.465 e. The molecule has 0 amide bonds. The maximum Gasteiger partial charge on any atom is 0.324 e. The molecular weight excluding hydrogens is 379 g/mol. The Labute approximate surface area is 155 Å². The van der Waals surface area contributed by atoms with Crippen LogP contribution in [0.4, 0.5) is 10.1 Å². The van der Waals surface area contributed by atoms with E-state index >= 15 is 0 Å². The summed E-state index contributed by atoms with van der Waals surface area (Å²) in [5.41, 5.74) is -0.542. The summed E-state index contributed by atoms with van der Waals surface area (Å²) in [5, 5.41) is 11.1. The summed E-state index contributed by atoms with van der Waals surface area (Å²) in [6.45, 7) is 1.58. The molecule has 0 saturated carbocycles. The number of nitro groups is 1. The van der Waals surface area contributed by atoms with Crippen molar-refractivity contribution in [2.24, 2.45) is 0 Å². The predicted molar refractivity (Wildman–Crippen MR) is 93.9 cm³/mol. The van der Waals surface area contributed by atoms with Gasteiger partial charge in [0.05, 0.1) is 11.5 Å². The van der Waals surface area contributed by atoms with Crippen molar-refractivity contribution in [1.29, 1.82) is 0 Å². The first-order chi connectivity index (χ1) is 12.8. The first-order valence-electron chi connectivity index (χ1n) is 7.92. The van der Waals surface area contributed by atoms with Crippen LogP contribution < -0.4 is 4.72 Å². The van der Waals surface area contributed by atoms with Crippen molar-refractivity contribution in [3.05, 3.63) is 70.0 Å². The summed E-state index contributed by atoms with van der Waals surface area (Å²) in [5.74, 6) is -2.14. The number of ether oxygens (including phenoxy) is 1. The maximum atomic E-state index is 13.8. The number of benzene rings is 2. The van der Waals surface area contributed by atoms with E-state index in [0.717, 1.165) is 18.2 Å². The van der Waals surface area contributed by atoms with Gasteiger partial charge in [-0.3, -0.25) is 14.9 Å². The first-order valence-corrected chi connectivity index (χ1v) is 9.40. The fourth-order valence-electron chi connectivity index (χ4n) is 2.41. The van der Waals surface area contributed by atoms with Crippen molar-refractivity contribution < 1.29 is 27.3 Å². The van der Waals surface area contributed by atoms with Crippen molar-refractivity contribution in [1.82, 2.24) is 4.72 Å². The molecule has 2 rings (SSSR count). The lowest BCUT2D eigenvalue weighted by Crippen LogP contribution is -2.43. The fourth-order valence-corrected chi connectivity index (χ4v) is 3.77. The van der Waals surface area contributed by atoms with Gasteiger partial charge in [-0.25, -0.2) is 8.42 Å². The molecule has 1 N–H and O–H groups in total. The van der Waals surface area contributed by atoms with Crippen LogP contribution in [-0.2, 0) is 26.0 Å². The van der Waals surface area contributed by atoms with Gasteiger partial charge in [0.2, 0.25) is 15.8 Å². The normalized spacial score (nSPS) is 12.4. The second-order valence-corrected chi connectivity index (χ2v) is 7.14. The van der Waals surface area contributed by atoms with Crippen LogP contribution in [-0.4, -0.2) is 32.0 Å². The highest BCUT2D eigenvalue weighted by atomic mass is 32.2. The molecule has 0 saturated heterocycles. The zero-order chi connectivity index (χ0) is 20.0. The van der Waals surface area contributed by atoms with Gasteiger partial charge in [0.25, 0.3) is 0 Å². The summed E-state index contributed by atoms with van der Waals surface area (Å²) < 4.78 is 46.0. The number of rotatable bonds is 8. The lowest BCUT2D eigenvalue weighted by atomic mass is 10.1. The van der Waals surface area contributed by atoms with Crippen LogP contribution in [0.1, 0.15) is 12.5 Å². The standard InChI is InChI=1S/C17H17FN2O6S/c1-2-26-17(21)14(11-12-7-4-3-5-8-12)19-27(24,25)15-10-6-9-13(18)16(15)20(22)23/h3-10,14,19H,2,11H2,1H3/t14-/m1/s1. The molecule has 0 aromatic heterocycles. The summed E-state index contributed by atoms with van der Waals surface area (Å²) >= 11 is 0. The number of carbonyl (C=O) groups excluding carboxylic acids is 1. The van der Waals surface area contributed by atoms with E-state index in [0.29, 0.717) is 5.56 Å². The molecule has 0 aliphatic heterocycles. The van der Waals surface area contributed by atoms with Gasteiger partial charge in [-0.15, -0.1) is 0 Å². The largest absolute Gasteiger partial charge is 0.465 e. The average Bonchev–Trinajstić information content (AvgIpc) is 2.61. The Morgan fingerprint density at radius 2 is 1.89 bits per heavy atom. The maximum absolute atomic E-state index is 13.8. The van der Waals surface area contributed by atoms with Crippen molar-refractivity contribution >= 4 is 21.7 Å². The van der Waals surface area contributed by atoms with Gasteiger partial charge in [0.1, 0.15) is 6.04 Å². The van der Waals surface area contributed by atoms with Crippen LogP contribution in [0, 0.1) is 15.9 Å². The molecule has 0 fully saturated rings. The number of hydrogen-bond donors (Lipinski definition) is 1. The molecule has 1 atom stereocenters. The van der Waals surface area contributed by atoms with Gasteiger partial charge >= 0.3 is 11.7 Å². The first kappa shape index (κ1) is 20.5. The Morgan fingerprint density at radius 1 is 1.22 bits per heavy atom. The monoisotopic (exact) mass is 396 g/mol. The number of hydrogen-bond acceptors (Lipinski definition) is 6. The summed E-state index contributed by atoms with van der Waals surface area (Å²) in [4.78, 5) is 21.3. The summed E-state index contributed by atoms with van der Waals surface area (Å²) in [6, 6.07) is 9.93. The highest BCUT2D eigenvalue weighted by Crippen LogP contribution is 2.27. The van der Waals surface area contributed by atoms with Gasteiger partial charge < -0.3 is 4.74 Å². The van der Waals surface area contributed by atoms with E-state index in [9.17, 15) is 27.7 Å². The number of carbonyl (C=O) groups is 1. The topological polar surface area (TPSA) is 116 Å². The van der Waals surface area contributed by atoms with Crippen molar-refractivity contribution in [3.63, 3.8) is 0 Å². The van der Waals surface area contributed by atoms with E-state index < -0.39 is 43.4 Å². The van der Waals surface area contributed by atoms with Crippen LogP contribution in [0.15, 0.2) is 53.4 Å². The number of esters is 1. The number of sulfonamides is 1. The molecular formula is C17H17FN2O6S. The molecule has 0 bridgehead atoms. The van der Waals surface area contributed by atoms with E-state index in [1.54, 1.807) is 37.3 Å². The van der Waals surface area contributed by atoms with Gasteiger partial charge in [-0.1, -0.05) is 36.4 Å². The van der Waals surface area contributed by atoms with E-state index in [1.807, 2.05) is 0 Å². The molecule has 0 aliphatic rings. The quantitative estimate of drug-likeness (QED) is 0.415. The van der Waals surface area contributed by atoms with Crippen LogP contribution in [0.3, 0.4) is 0 Å². The second-order valence-electron chi connectivity index (χ2n) is 5.46. The van der Waals surface area contributed by atoms with Gasteiger partial charge in [-0.05, 0) is 31.0 Å². The molecule has 2 aromatic carbocycles. The predicted octanol–water partition coefficient (Wildman–Crippen LogP) is 2.19. The minimum atomic E-state index is -4.57. The molecule has 0 aliphatic carbocycles. The SMILES string of the molecule is CCOC(=O)[C@@H](Cc1ccccc1)NS(=O)(=O)c1cccc(F)c1[N+](=O)[O-]. The zero-order valence-corrected chi connectivity index (χ0v) is 15.1. The van der Waals surface area contributed by atoms with Crippen LogP contribution in [0.5, 0.6) is 0 Å². The smallest absolute Gasteiger partial charge is 0.324 e. The molecule has 10 heteroatoms. The van der Waals surface area contributed by atoms with E-state index in [-0.39, 0.29) is 13.0 Å². The van der Waals surface area contributed by atoms with E-state index in [1.165, 1.54) is 0 Å². The molecule has 0 spiro atoms. The van der Waals surface area contributed by atoms with E-state index in [2.05, 4.69) is 4.72 Å². The molecule has 2 aromatic rings. The third-order valence-electron chi connectivity index (χ3n) is 3.57. The average molecular weight is 396 g/mol. The van der Waals surface area contributed by atoms with Crippen molar-refractivity contribution in [2.45, 2.75) is 24.3 Å². The minimum absolute atomic E-state index is 0.0198. The third-order valence-corrected chi connectivity index (χ3v) is 5.08. The molecule has 8 nitrogen and oxygen atoms in total. The van der Waals surface area contributed by atoms with Gasteiger partial charge in [0.15, 0.2) is 4.90 Å². The Kier molecular flexibility index (Phi) is 6.59. The highest BCUT2D eigenvalue weighted by molar-refractivity contribution is 7.89. The summed E-state index contributed by atoms with van der Waals surface area (Å²) in [7, 11) is -4.57. The van der Waals surface area contributed by atoms with Crippen molar-refractivity contribution in [2.75, 3.05) is 6.61 Å². The highest BCUT2D eigenvalue weighted by Gasteiger charge is 2.33. The molecule has 27 heavy (non-hydrogen) atoms. The Morgan fingerprint density at radius 3 is 2.48 bits per heavy atom. The Balaban J connectivity index is 2.40. The van der Waals surface area contributed by atoms with Gasteiger partial charge in [-0.2, -0.15) is 9.11 Å². The molecule has 0 heterocycles. The number of halogens is 1. The Hall–Kier alpha value is -2.85. The lowest BCUT2D eigenvalue weighted by molar-refractivity contribution is -0.390. The van der Waals surface area contributed by atoms with Crippen LogP contribution >= 0.6 is 0 Å². The van der Waals surface area contributed by atoms with Crippen LogP contribution in [0.25, 0.3) is 0 Å². The molecule has 0 unspecified atom stereocenters. The third kappa shape index (κ3) is 5.08. The lowest BCUT2D eigenvalue weighted by Gasteiger charge is -2.17. The number of para-hydroxylation sites is 1. The zero-order valence-electron chi connectivity index (χ0n) is 14.3. The number of nitrogens with one attached hydrogen (secondary N) is 1. The van der Waals surface area contributed by atoms with Crippen LogP contribution in [0.2, 0.25) is 0 Å². The number of nitrogens with zero attached hydrogens (tertiary/aromatic N) is 1. The molecule has 144 valence electrons. The Bertz CT molecular complexity index is 934. The van der Waals surface area contributed by atoms with Gasteiger partial charge in [0, 0.05) is 0 Å². The second kappa shape index (κ2) is 8.69. The molecule has 0 radical (unpaired) electrons.